The quantitative estimate of drug-likeness (QED) is 0.797. The number of aryl methyl sites for hydroxylation is 1. The number of tetrazole rings is 1. The monoisotopic (exact) mass is 221 g/mol. The Labute approximate surface area is 92.1 Å². The molecule has 1 heterocycles. The van der Waals surface area contributed by atoms with E-state index in [-0.39, 0.29) is 5.82 Å². The van der Waals surface area contributed by atoms with Gasteiger partial charge in [0.15, 0.2) is 5.82 Å². The van der Waals surface area contributed by atoms with Gasteiger partial charge in [-0.3, -0.25) is 0 Å². The average molecular weight is 221 g/mol. The summed E-state index contributed by atoms with van der Waals surface area (Å²) in [6, 6.07) is 4.16. The second-order valence-electron chi connectivity index (χ2n) is 3.46. The molecule has 16 heavy (non-hydrogen) atoms. The van der Waals surface area contributed by atoms with Crippen LogP contribution in [0, 0.1) is 5.82 Å². The predicted octanol–water partition coefficient (Wildman–Crippen LogP) is 1.47. The number of nitrogens with zero attached hydrogens (tertiary/aromatic N) is 4. The number of nitrogen functional groups attached to an aromatic ring is 1. The van der Waals surface area contributed by atoms with Crippen molar-refractivity contribution in [2.75, 3.05) is 5.73 Å². The standard InChI is InChI=1S/C10H12FN5/c1-2-5-16-10(13-14-15-16)8-6-7(11)3-4-9(8)12/h3-4,6H,2,5,12H2,1H3. The van der Waals surface area contributed by atoms with E-state index >= 15 is 0 Å². The Hall–Kier alpha value is -1.98. The van der Waals surface area contributed by atoms with E-state index in [1.807, 2.05) is 6.92 Å². The third-order valence-electron chi connectivity index (χ3n) is 2.22. The number of aromatic nitrogens is 4. The first-order chi connectivity index (χ1) is 7.72. The van der Waals surface area contributed by atoms with Gasteiger partial charge in [-0.05, 0) is 35.0 Å². The van der Waals surface area contributed by atoms with Crippen LogP contribution in [0.3, 0.4) is 0 Å². The highest BCUT2D eigenvalue weighted by Crippen LogP contribution is 2.24. The minimum absolute atomic E-state index is 0.352. The fourth-order valence-electron chi connectivity index (χ4n) is 1.48. The molecule has 2 rings (SSSR count). The van der Waals surface area contributed by atoms with E-state index in [0.717, 1.165) is 6.42 Å². The van der Waals surface area contributed by atoms with Gasteiger partial charge in [0.05, 0.1) is 0 Å². The summed E-state index contributed by atoms with van der Waals surface area (Å²) < 4.78 is 14.7. The van der Waals surface area contributed by atoms with Crippen LogP contribution in [0.15, 0.2) is 18.2 Å². The number of rotatable bonds is 3. The maximum absolute atomic E-state index is 13.1. The summed E-state index contributed by atoms with van der Waals surface area (Å²) in [5, 5.41) is 11.3. The molecule has 0 aliphatic rings. The summed E-state index contributed by atoms with van der Waals surface area (Å²) in [5.41, 5.74) is 6.76. The van der Waals surface area contributed by atoms with Gasteiger partial charge >= 0.3 is 0 Å². The Morgan fingerprint density at radius 2 is 2.25 bits per heavy atom. The molecule has 0 bridgehead atoms. The highest BCUT2D eigenvalue weighted by molar-refractivity contribution is 5.71. The Morgan fingerprint density at radius 3 is 3.00 bits per heavy atom. The molecule has 2 aromatic rings. The molecule has 2 N–H and O–H groups in total. The maximum Gasteiger partial charge on any atom is 0.184 e. The lowest BCUT2D eigenvalue weighted by molar-refractivity contribution is 0.583. The van der Waals surface area contributed by atoms with Crippen LogP contribution in [0.1, 0.15) is 13.3 Å². The number of nitrogens with two attached hydrogens (primary N) is 1. The molecular formula is C10H12FN5. The van der Waals surface area contributed by atoms with E-state index in [1.165, 1.54) is 18.2 Å². The van der Waals surface area contributed by atoms with Crippen LogP contribution in [-0.2, 0) is 6.54 Å². The second-order valence-corrected chi connectivity index (χ2v) is 3.46. The van der Waals surface area contributed by atoms with Crippen LogP contribution in [0.2, 0.25) is 0 Å². The van der Waals surface area contributed by atoms with E-state index in [2.05, 4.69) is 15.5 Å². The molecule has 0 saturated carbocycles. The SMILES string of the molecule is CCCn1nnnc1-c1cc(F)ccc1N. The van der Waals surface area contributed by atoms with Gasteiger partial charge in [-0.25, -0.2) is 9.07 Å². The Balaban J connectivity index is 2.49. The highest BCUT2D eigenvalue weighted by Gasteiger charge is 2.12. The lowest BCUT2D eigenvalue weighted by atomic mass is 10.1. The van der Waals surface area contributed by atoms with E-state index in [4.69, 9.17) is 5.73 Å². The van der Waals surface area contributed by atoms with Crippen LogP contribution in [-0.4, -0.2) is 20.2 Å². The summed E-state index contributed by atoms with van der Waals surface area (Å²) in [7, 11) is 0. The summed E-state index contributed by atoms with van der Waals surface area (Å²) in [4.78, 5) is 0. The fraction of sp³-hybridized carbons (Fsp3) is 0.300. The smallest absolute Gasteiger partial charge is 0.184 e. The molecule has 0 fully saturated rings. The van der Waals surface area contributed by atoms with Crippen molar-refractivity contribution in [3.63, 3.8) is 0 Å². The molecule has 1 aromatic heterocycles. The molecule has 0 aliphatic carbocycles. The zero-order valence-corrected chi connectivity index (χ0v) is 8.89. The van der Waals surface area contributed by atoms with Crippen molar-refractivity contribution in [2.24, 2.45) is 0 Å². The molecule has 0 radical (unpaired) electrons. The van der Waals surface area contributed by atoms with E-state index in [1.54, 1.807) is 4.68 Å². The summed E-state index contributed by atoms with van der Waals surface area (Å²) in [6.07, 6.45) is 0.896. The Bertz CT molecular complexity index is 494. The van der Waals surface area contributed by atoms with Crippen molar-refractivity contribution < 1.29 is 4.39 Å². The summed E-state index contributed by atoms with van der Waals surface area (Å²) in [5.74, 6) is 0.147. The van der Waals surface area contributed by atoms with Gasteiger partial charge in [-0.2, -0.15) is 0 Å². The Morgan fingerprint density at radius 1 is 1.44 bits per heavy atom. The normalized spacial score (nSPS) is 10.6. The van der Waals surface area contributed by atoms with Crippen molar-refractivity contribution in [3.05, 3.63) is 24.0 Å². The number of hydrogen-bond acceptors (Lipinski definition) is 4. The van der Waals surface area contributed by atoms with Crippen LogP contribution < -0.4 is 5.73 Å². The first-order valence-corrected chi connectivity index (χ1v) is 5.04. The van der Waals surface area contributed by atoms with Gasteiger partial charge < -0.3 is 5.73 Å². The average Bonchev–Trinajstić information content (AvgIpc) is 2.70. The largest absolute Gasteiger partial charge is 0.398 e. The van der Waals surface area contributed by atoms with Gasteiger partial charge in [0.2, 0.25) is 0 Å². The summed E-state index contributed by atoms with van der Waals surface area (Å²) in [6.45, 7) is 2.69. The molecule has 6 heteroatoms. The summed E-state index contributed by atoms with van der Waals surface area (Å²) >= 11 is 0. The van der Waals surface area contributed by atoms with Gasteiger partial charge in [0.1, 0.15) is 5.82 Å². The number of anilines is 1. The zero-order valence-electron chi connectivity index (χ0n) is 8.89. The number of hydrogen-bond donors (Lipinski definition) is 1. The molecule has 0 unspecified atom stereocenters. The van der Waals surface area contributed by atoms with Gasteiger partial charge in [0, 0.05) is 17.8 Å². The second kappa shape index (κ2) is 4.26. The van der Waals surface area contributed by atoms with Crippen molar-refractivity contribution in [1.29, 1.82) is 0 Å². The minimum atomic E-state index is -0.352. The first kappa shape index (κ1) is 10.5. The van der Waals surface area contributed by atoms with Crippen LogP contribution in [0.25, 0.3) is 11.4 Å². The molecule has 0 saturated heterocycles. The third-order valence-corrected chi connectivity index (χ3v) is 2.22. The Kier molecular flexibility index (Phi) is 2.80. The van der Waals surface area contributed by atoms with Crippen molar-refractivity contribution >= 4 is 5.69 Å². The fourth-order valence-corrected chi connectivity index (χ4v) is 1.48. The lowest BCUT2D eigenvalue weighted by Crippen LogP contribution is -2.03. The van der Waals surface area contributed by atoms with Crippen LogP contribution in [0.4, 0.5) is 10.1 Å². The van der Waals surface area contributed by atoms with Crippen molar-refractivity contribution in [2.45, 2.75) is 19.9 Å². The number of halogens is 1. The maximum atomic E-state index is 13.1. The third kappa shape index (κ3) is 1.86. The lowest BCUT2D eigenvalue weighted by Gasteiger charge is -2.05. The molecule has 0 atom stereocenters. The van der Waals surface area contributed by atoms with Gasteiger partial charge in [-0.1, -0.05) is 6.92 Å². The minimum Gasteiger partial charge on any atom is -0.398 e. The van der Waals surface area contributed by atoms with E-state index in [9.17, 15) is 4.39 Å². The van der Waals surface area contributed by atoms with Crippen LogP contribution in [0.5, 0.6) is 0 Å². The molecule has 0 spiro atoms. The van der Waals surface area contributed by atoms with Crippen LogP contribution >= 0.6 is 0 Å². The molecular weight excluding hydrogens is 209 g/mol. The topological polar surface area (TPSA) is 69.6 Å². The van der Waals surface area contributed by atoms with E-state index in [0.29, 0.717) is 23.6 Å². The zero-order chi connectivity index (χ0) is 11.5. The molecule has 1 aromatic carbocycles. The van der Waals surface area contributed by atoms with Gasteiger partial charge in [0.25, 0.3) is 0 Å². The van der Waals surface area contributed by atoms with E-state index < -0.39 is 0 Å². The van der Waals surface area contributed by atoms with Crippen molar-refractivity contribution in [3.8, 4) is 11.4 Å². The van der Waals surface area contributed by atoms with Gasteiger partial charge in [-0.15, -0.1) is 5.10 Å². The number of benzene rings is 1. The first-order valence-electron chi connectivity index (χ1n) is 5.04. The molecule has 84 valence electrons. The highest BCUT2D eigenvalue weighted by atomic mass is 19.1. The van der Waals surface area contributed by atoms with Crippen molar-refractivity contribution in [1.82, 2.24) is 20.2 Å². The predicted molar refractivity (Wildman–Crippen MR) is 57.9 cm³/mol. The molecule has 0 amide bonds. The molecule has 0 aliphatic heterocycles. The molecule has 5 nitrogen and oxygen atoms in total.